The first-order valence-corrected chi connectivity index (χ1v) is 5.50. The lowest BCUT2D eigenvalue weighted by Gasteiger charge is -2.38. The fourth-order valence-electron chi connectivity index (χ4n) is 2.52. The summed E-state index contributed by atoms with van der Waals surface area (Å²) in [5.41, 5.74) is 7.72. The highest BCUT2D eigenvalue weighted by Gasteiger charge is 2.34. The summed E-state index contributed by atoms with van der Waals surface area (Å²) < 4.78 is 5.09. The summed E-state index contributed by atoms with van der Waals surface area (Å²) >= 11 is 0. The molecule has 0 radical (unpaired) electrons. The average molecular weight is 193 g/mol. The lowest BCUT2D eigenvalue weighted by Crippen LogP contribution is -2.33. The van der Waals surface area contributed by atoms with Gasteiger partial charge in [0.25, 0.3) is 0 Å². The Morgan fingerprint density at radius 3 is 2.64 bits per heavy atom. The van der Waals surface area contributed by atoms with E-state index < -0.39 is 0 Å². The summed E-state index contributed by atoms with van der Waals surface area (Å²) in [6.07, 6.45) is 10.0. The zero-order chi connectivity index (χ0) is 10.0. The Morgan fingerprint density at radius 1 is 1.36 bits per heavy atom. The van der Waals surface area contributed by atoms with Crippen LogP contribution in [0.25, 0.3) is 0 Å². The minimum atomic E-state index is 0.140. The van der Waals surface area contributed by atoms with Gasteiger partial charge in [-0.25, -0.2) is 0 Å². The van der Waals surface area contributed by atoms with Crippen LogP contribution in [0.1, 0.15) is 50.6 Å². The predicted molar refractivity (Wildman–Crippen MR) is 56.8 cm³/mol. The van der Waals surface area contributed by atoms with E-state index in [4.69, 9.17) is 10.2 Å². The van der Waals surface area contributed by atoms with E-state index in [1.807, 2.05) is 6.07 Å². The highest BCUT2D eigenvalue weighted by molar-refractivity contribution is 5.14. The fourth-order valence-corrected chi connectivity index (χ4v) is 2.52. The third-order valence-corrected chi connectivity index (χ3v) is 3.65. The molecule has 1 aromatic heterocycles. The molecule has 1 aromatic rings. The molecule has 0 saturated heterocycles. The Labute approximate surface area is 85.5 Å². The van der Waals surface area contributed by atoms with Gasteiger partial charge in [-0.1, -0.05) is 26.2 Å². The van der Waals surface area contributed by atoms with Gasteiger partial charge in [-0.2, -0.15) is 0 Å². The van der Waals surface area contributed by atoms with E-state index in [2.05, 4.69) is 6.92 Å². The SMILES string of the molecule is CC1(C(N)c2ccoc2)CCCCC1. The summed E-state index contributed by atoms with van der Waals surface area (Å²) in [4.78, 5) is 0. The molecule has 0 aliphatic heterocycles. The van der Waals surface area contributed by atoms with Crippen molar-refractivity contribution in [3.8, 4) is 0 Å². The predicted octanol–water partition coefficient (Wildman–Crippen LogP) is 3.25. The van der Waals surface area contributed by atoms with E-state index in [9.17, 15) is 0 Å². The number of furan rings is 1. The third-order valence-electron chi connectivity index (χ3n) is 3.65. The van der Waals surface area contributed by atoms with Crippen LogP contribution < -0.4 is 5.73 Å². The molecule has 2 heteroatoms. The van der Waals surface area contributed by atoms with Gasteiger partial charge in [0.15, 0.2) is 0 Å². The lowest BCUT2D eigenvalue weighted by molar-refractivity contribution is 0.170. The Bertz CT molecular complexity index is 273. The molecule has 2 rings (SSSR count). The second-order valence-corrected chi connectivity index (χ2v) is 4.75. The molecule has 2 nitrogen and oxygen atoms in total. The molecule has 1 atom stereocenters. The van der Waals surface area contributed by atoms with E-state index in [1.54, 1.807) is 12.5 Å². The van der Waals surface area contributed by atoms with Gasteiger partial charge in [0.2, 0.25) is 0 Å². The molecule has 1 aliphatic carbocycles. The highest BCUT2D eigenvalue weighted by atomic mass is 16.3. The van der Waals surface area contributed by atoms with Crippen molar-refractivity contribution in [2.24, 2.45) is 11.1 Å². The van der Waals surface area contributed by atoms with Crippen LogP contribution in [-0.4, -0.2) is 0 Å². The zero-order valence-electron chi connectivity index (χ0n) is 8.83. The maximum absolute atomic E-state index is 6.29. The molecule has 1 aliphatic rings. The van der Waals surface area contributed by atoms with E-state index >= 15 is 0 Å². The third kappa shape index (κ3) is 1.71. The van der Waals surface area contributed by atoms with Gasteiger partial charge in [-0.3, -0.25) is 0 Å². The van der Waals surface area contributed by atoms with Crippen molar-refractivity contribution < 1.29 is 4.42 Å². The van der Waals surface area contributed by atoms with Gasteiger partial charge < -0.3 is 10.2 Å². The first-order valence-electron chi connectivity index (χ1n) is 5.50. The van der Waals surface area contributed by atoms with Crippen LogP contribution in [0.2, 0.25) is 0 Å². The van der Waals surface area contributed by atoms with Crippen LogP contribution in [0, 0.1) is 5.41 Å². The summed E-state index contributed by atoms with van der Waals surface area (Å²) in [6.45, 7) is 2.31. The lowest BCUT2D eigenvalue weighted by atomic mass is 9.69. The van der Waals surface area contributed by atoms with Gasteiger partial charge >= 0.3 is 0 Å². The summed E-state index contributed by atoms with van der Waals surface area (Å²) in [5, 5.41) is 0. The monoisotopic (exact) mass is 193 g/mol. The molecule has 1 heterocycles. The molecule has 2 N–H and O–H groups in total. The maximum atomic E-state index is 6.29. The minimum Gasteiger partial charge on any atom is -0.472 e. The van der Waals surface area contributed by atoms with Crippen LogP contribution in [0.5, 0.6) is 0 Å². The van der Waals surface area contributed by atoms with Gasteiger partial charge in [0.1, 0.15) is 0 Å². The molecule has 1 fully saturated rings. The topological polar surface area (TPSA) is 39.2 Å². The zero-order valence-corrected chi connectivity index (χ0v) is 8.83. The number of nitrogens with two attached hydrogens (primary N) is 1. The van der Waals surface area contributed by atoms with Gasteiger partial charge in [0.05, 0.1) is 12.5 Å². The van der Waals surface area contributed by atoms with Crippen molar-refractivity contribution in [1.82, 2.24) is 0 Å². The summed E-state index contributed by atoms with van der Waals surface area (Å²) in [6, 6.07) is 2.13. The Morgan fingerprint density at radius 2 is 2.07 bits per heavy atom. The van der Waals surface area contributed by atoms with E-state index in [1.165, 1.54) is 32.1 Å². The normalized spacial score (nSPS) is 23.3. The van der Waals surface area contributed by atoms with E-state index in [0.29, 0.717) is 0 Å². The standard InChI is InChI=1S/C12H19NO/c1-12(6-3-2-4-7-12)11(13)10-5-8-14-9-10/h5,8-9,11H,2-4,6-7,13H2,1H3. The van der Waals surface area contributed by atoms with Gasteiger partial charge in [0, 0.05) is 11.6 Å². The molecule has 1 saturated carbocycles. The van der Waals surface area contributed by atoms with Crippen LogP contribution in [0.15, 0.2) is 23.0 Å². The molecule has 0 bridgehead atoms. The Kier molecular flexibility index (Phi) is 2.64. The molecule has 14 heavy (non-hydrogen) atoms. The average Bonchev–Trinajstić information content (AvgIpc) is 2.70. The van der Waals surface area contributed by atoms with Crippen LogP contribution in [-0.2, 0) is 0 Å². The number of hydrogen-bond acceptors (Lipinski definition) is 2. The minimum absolute atomic E-state index is 0.140. The van der Waals surface area contributed by atoms with E-state index in [0.717, 1.165) is 5.56 Å². The van der Waals surface area contributed by atoms with Gasteiger partial charge in [-0.05, 0) is 24.3 Å². The largest absolute Gasteiger partial charge is 0.472 e. The van der Waals surface area contributed by atoms with E-state index in [-0.39, 0.29) is 11.5 Å². The van der Waals surface area contributed by atoms with Crippen molar-refractivity contribution in [2.75, 3.05) is 0 Å². The maximum Gasteiger partial charge on any atom is 0.0950 e. The summed E-state index contributed by atoms with van der Waals surface area (Å²) in [5.74, 6) is 0. The second kappa shape index (κ2) is 3.77. The fraction of sp³-hybridized carbons (Fsp3) is 0.667. The smallest absolute Gasteiger partial charge is 0.0950 e. The van der Waals surface area contributed by atoms with Crippen molar-refractivity contribution in [1.29, 1.82) is 0 Å². The van der Waals surface area contributed by atoms with Crippen LogP contribution in [0.4, 0.5) is 0 Å². The molecule has 0 spiro atoms. The molecule has 78 valence electrons. The highest BCUT2D eigenvalue weighted by Crippen LogP contribution is 2.44. The van der Waals surface area contributed by atoms with Crippen molar-refractivity contribution in [3.05, 3.63) is 24.2 Å². The molecular weight excluding hydrogens is 174 g/mol. The molecular formula is C12H19NO. The number of hydrogen-bond donors (Lipinski definition) is 1. The first kappa shape index (κ1) is 9.78. The van der Waals surface area contributed by atoms with Crippen molar-refractivity contribution in [2.45, 2.75) is 45.1 Å². The Hall–Kier alpha value is -0.760. The number of rotatable bonds is 2. The quantitative estimate of drug-likeness (QED) is 0.783. The summed E-state index contributed by atoms with van der Waals surface area (Å²) in [7, 11) is 0. The second-order valence-electron chi connectivity index (χ2n) is 4.75. The Balaban J connectivity index is 2.13. The molecule has 0 aromatic carbocycles. The van der Waals surface area contributed by atoms with Gasteiger partial charge in [-0.15, -0.1) is 0 Å². The van der Waals surface area contributed by atoms with Crippen LogP contribution in [0.3, 0.4) is 0 Å². The van der Waals surface area contributed by atoms with Crippen molar-refractivity contribution in [3.63, 3.8) is 0 Å². The van der Waals surface area contributed by atoms with Crippen LogP contribution >= 0.6 is 0 Å². The molecule has 0 amide bonds. The molecule has 1 unspecified atom stereocenters. The first-order chi connectivity index (χ1) is 6.72. The van der Waals surface area contributed by atoms with Crippen molar-refractivity contribution >= 4 is 0 Å².